The van der Waals surface area contributed by atoms with E-state index in [4.69, 9.17) is 0 Å². The summed E-state index contributed by atoms with van der Waals surface area (Å²) in [5, 5.41) is 10.4. The van der Waals surface area contributed by atoms with Gasteiger partial charge < -0.3 is 0 Å². The van der Waals surface area contributed by atoms with Crippen LogP contribution in [-0.4, -0.2) is 38.3 Å². The molecule has 166 valence electrons. The van der Waals surface area contributed by atoms with Crippen LogP contribution in [0.4, 0.5) is 0 Å². The van der Waals surface area contributed by atoms with Crippen LogP contribution < -0.4 is 10.6 Å². The number of benzene rings is 2. The van der Waals surface area contributed by atoms with Crippen molar-refractivity contribution >= 4 is 26.3 Å². The quantitative estimate of drug-likeness (QED) is 0.229. The fourth-order valence-corrected chi connectivity index (χ4v) is 11.4. The number of hydrogen-bond donors (Lipinski definition) is 2. The molecule has 0 unspecified atom stereocenters. The maximum absolute atomic E-state index is 3.84. The molecule has 4 heteroatoms. The minimum absolute atomic E-state index is 0.660. The molecule has 2 nitrogen and oxygen atoms in total. The van der Waals surface area contributed by atoms with Crippen LogP contribution in [0.5, 0.6) is 0 Å². The molecule has 0 bridgehead atoms. The molecule has 30 heavy (non-hydrogen) atoms. The fraction of sp³-hybridized carbons (Fsp3) is 0.538. The van der Waals surface area contributed by atoms with E-state index in [1.807, 2.05) is 0 Å². The standard InChI is InChI=1S/C26H40N2Se2/c1-21(2)15-25(27-17-23-11-7-5-8-12-23)19-29-30-20-26(16-22(3)4)28-18-24-13-9-6-10-14-24/h5-14,21-22,25-28H,15-20H2,1-4H3/t25-,26-/m0/s1. The third-order valence-electron chi connectivity index (χ3n) is 5.01. The van der Waals surface area contributed by atoms with Crippen LogP contribution in [0, 0.1) is 11.8 Å². The van der Waals surface area contributed by atoms with Crippen LogP contribution in [0.1, 0.15) is 51.7 Å². The molecule has 0 aliphatic carbocycles. The summed E-state index contributed by atoms with van der Waals surface area (Å²) in [6.45, 7) is 11.4. The Labute approximate surface area is 196 Å². The molecule has 2 atom stereocenters. The van der Waals surface area contributed by atoms with E-state index in [9.17, 15) is 0 Å². The van der Waals surface area contributed by atoms with Crippen LogP contribution in [0.3, 0.4) is 0 Å². The monoisotopic (exact) mass is 540 g/mol. The van der Waals surface area contributed by atoms with E-state index in [0.29, 0.717) is 12.1 Å². The third kappa shape index (κ3) is 11.7. The molecule has 2 N–H and O–H groups in total. The normalized spacial score (nSPS) is 13.7. The molecule has 0 aliphatic heterocycles. The van der Waals surface area contributed by atoms with Crippen molar-refractivity contribution in [1.29, 1.82) is 0 Å². The van der Waals surface area contributed by atoms with Crippen LogP contribution in [0.15, 0.2) is 60.7 Å². The van der Waals surface area contributed by atoms with Crippen molar-refractivity contribution in [2.45, 2.75) is 76.3 Å². The van der Waals surface area contributed by atoms with Crippen LogP contribution in [-0.2, 0) is 13.1 Å². The molecule has 0 spiro atoms. The van der Waals surface area contributed by atoms with E-state index in [2.05, 4.69) is 99.0 Å². The summed E-state index contributed by atoms with van der Waals surface area (Å²) >= 11 is 1.53. The van der Waals surface area contributed by atoms with Gasteiger partial charge in [0.1, 0.15) is 0 Å². The fourth-order valence-electron chi connectivity index (χ4n) is 3.54. The second-order valence-corrected chi connectivity index (χ2v) is 16.5. The van der Waals surface area contributed by atoms with E-state index in [1.54, 1.807) is 0 Å². The van der Waals surface area contributed by atoms with Crippen molar-refractivity contribution in [2.75, 3.05) is 0 Å². The summed E-state index contributed by atoms with van der Waals surface area (Å²) in [6.07, 6.45) is 2.57. The Kier molecular flexibility index (Phi) is 13.0. The predicted molar refractivity (Wildman–Crippen MR) is 134 cm³/mol. The molecular formula is C26H40N2Se2. The molecule has 0 aliphatic rings. The van der Waals surface area contributed by atoms with Crippen molar-refractivity contribution in [3.05, 3.63) is 71.8 Å². The van der Waals surface area contributed by atoms with Gasteiger partial charge in [-0.2, -0.15) is 0 Å². The SMILES string of the molecule is CC(C)C[C@@H](C[Se][Se]C[C@H](CC(C)C)NCc1ccccc1)NCc1ccccc1. The Morgan fingerprint density at radius 3 is 1.30 bits per heavy atom. The molecule has 2 aromatic rings. The zero-order valence-corrected chi connectivity index (χ0v) is 22.6. The minimum atomic E-state index is 0.660. The van der Waals surface area contributed by atoms with Gasteiger partial charge in [-0.05, 0) is 0 Å². The van der Waals surface area contributed by atoms with Gasteiger partial charge in [0.15, 0.2) is 0 Å². The van der Waals surface area contributed by atoms with E-state index >= 15 is 0 Å². The zero-order valence-electron chi connectivity index (χ0n) is 19.1. The first-order chi connectivity index (χ1) is 14.5. The second kappa shape index (κ2) is 15.2. The Bertz CT molecular complexity index is 602. The summed E-state index contributed by atoms with van der Waals surface area (Å²) in [6, 6.07) is 23.0. The predicted octanol–water partition coefficient (Wildman–Crippen LogP) is 5.56. The van der Waals surface area contributed by atoms with E-state index in [1.165, 1.54) is 34.6 Å². The number of hydrogen-bond acceptors (Lipinski definition) is 2. The molecule has 0 saturated heterocycles. The Morgan fingerprint density at radius 2 is 0.967 bits per heavy atom. The topological polar surface area (TPSA) is 24.1 Å². The first kappa shape index (κ1) is 25.7. The molecule has 0 saturated carbocycles. The van der Waals surface area contributed by atoms with E-state index in [-0.39, 0.29) is 0 Å². The summed E-state index contributed by atoms with van der Waals surface area (Å²) in [5.41, 5.74) is 2.79. The van der Waals surface area contributed by atoms with Crippen LogP contribution in [0.2, 0.25) is 10.6 Å². The number of nitrogens with one attached hydrogen (secondary N) is 2. The van der Waals surface area contributed by atoms with Gasteiger partial charge in [0.2, 0.25) is 0 Å². The molecule has 0 fully saturated rings. The number of rotatable bonds is 15. The molecule has 0 radical (unpaired) electrons. The van der Waals surface area contributed by atoms with Gasteiger partial charge in [0.25, 0.3) is 0 Å². The Balaban J connectivity index is 1.74. The molecular weight excluding hydrogens is 498 g/mol. The van der Waals surface area contributed by atoms with Gasteiger partial charge in [-0.1, -0.05) is 0 Å². The molecule has 2 rings (SSSR count). The van der Waals surface area contributed by atoms with Gasteiger partial charge in [-0.3, -0.25) is 0 Å². The summed E-state index contributed by atoms with van der Waals surface area (Å²) in [5.74, 6) is 1.51. The van der Waals surface area contributed by atoms with Gasteiger partial charge in [-0.25, -0.2) is 0 Å². The second-order valence-electron chi connectivity index (χ2n) is 8.95. The average molecular weight is 539 g/mol. The van der Waals surface area contributed by atoms with Crippen molar-refractivity contribution in [3.63, 3.8) is 0 Å². The Hall–Kier alpha value is -0.601. The van der Waals surface area contributed by atoms with Crippen molar-refractivity contribution < 1.29 is 0 Å². The van der Waals surface area contributed by atoms with Crippen LogP contribution in [0.25, 0.3) is 0 Å². The molecule has 0 aromatic heterocycles. The van der Waals surface area contributed by atoms with Gasteiger partial charge >= 0.3 is 197 Å². The van der Waals surface area contributed by atoms with Gasteiger partial charge in [-0.15, -0.1) is 0 Å². The van der Waals surface area contributed by atoms with Gasteiger partial charge in [0, 0.05) is 0 Å². The average Bonchev–Trinajstić information content (AvgIpc) is 2.73. The van der Waals surface area contributed by atoms with Crippen molar-refractivity contribution in [1.82, 2.24) is 10.6 Å². The first-order valence-corrected chi connectivity index (χ1v) is 18.1. The molecule has 0 amide bonds. The van der Waals surface area contributed by atoms with Crippen molar-refractivity contribution in [3.8, 4) is 0 Å². The summed E-state index contributed by atoms with van der Waals surface area (Å²) in [4.78, 5) is 0. The van der Waals surface area contributed by atoms with Crippen LogP contribution >= 0.6 is 0 Å². The first-order valence-electron chi connectivity index (χ1n) is 11.3. The van der Waals surface area contributed by atoms with E-state index in [0.717, 1.165) is 51.2 Å². The summed E-state index contributed by atoms with van der Waals surface area (Å²) in [7, 11) is 0. The van der Waals surface area contributed by atoms with Crippen molar-refractivity contribution in [2.24, 2.45) is 11.8 Å². The Morgan fingerprint density at radius 1 is 0.600 bits per heavy atom. The molecule has 2 aromatic carbocycles. The zero-order chi connectivity index (χ0) is 21.6. The maximum atomic E-state index is 3.84. The third-order valence-corrected chi connectivity index (χ3v) is 12.4. The molecule has 0 heterocycles. The van der Waals surface area contributed by atoms with Gasteiger partial charge in [0.05, 0.1) is 0 Å². The summed E-state index contributed by atoms with van der Waals surface area (Å²) < 4.78 is 0. The van der Waals surface area contributed by atoms with E-state index < -0.39 is 0 Å².